The van der Waals surface area contributed by atoms with Crippen molar-refractivity contribution in [2.75, 3.05) is 13.2 Å². The van der Waals surface area contributed by atoms with E-state index in [0.29, 0.717) is 19.6 Å². The zero-order valence-electron chi connectivity index (χ0n) is 12.3. The van der Waals surface area contributed by atoms with E-state index in [1.807, 2.05) is 12.1 Å². The second-order valence-corrected chi connectivity index (χ2v) is 11.7. The van der Waals surface area contributed by atoms with Crippen LogP contribution >= 0.6 is 11.6 Å². The van der Waals surface area contributed by atoms with Gasteiger partial charge in [-0.05, 0) is 23.3 Å². The first-order valence-electron chi connectivity index (χ1n) is 6.94. The third-order valence-electron chi connectivity index (χ3n) is 3.65. The van der Waals surface area contributed by atoms with Crippen molar-refractivity contribution >= 4 is 31.2 Å². The average molecular weight is 309 g/mol. The van der Waals surface area contributed by atoms with Gasteiger partial charge in [0.2, 0.25) is 0 Å². The largest absolute Gasteiger partial charge is 0.376 e. The lowest BCUT2D eigenvalue weighted by Gasteiger charge is -2.26. The number of hydrogen-bond acceptors (Lipinski definition) is 2. The molecule has 2 nitrogen and oxygen atoms in total. The molecule has 0 aromatic heterocycles. The summed E-state index contributed by atoms with van der Waals surface area (Å²) in [5.74, 6) is 0.241. The van der Waals surface area contributed by atoms with E-state index in [-0.39, 0.29) is 5.92 Å². The lowest BCUT2D eigenvalue weighted by Crippen LogP contribution is -2.26. The van der Waals surface area contributed by atoms with E-state index in [2.05, 4.69) is 31.8 Å². The molecule has 0 saturated carbocycles. The van der Waals surface area contributed by atoms with Gasteiger partial charge in [0, 0.05) is 17.4 Å². The zero-order chi connectivity index (χ0) is 14.8. The van der Waals surface area contributed by atoms with Crippen LogP contribution in [-0.4, -0.2) is 27.6 Å². The fourth-order valence-electron chi connectivity index (χ4n) is 2.85. The molecule has 0 radical (unpaired) electrons. The summed E-state index contributed by atoms with van der Waals surface area (Å²) in [4.78, 5) is 10.9. The van der Waals surface area contributed by atoms with Crippen LogP contribution in [0.1, 0.15) is 12.0 Å². The van der Waals surface area contributed by atoms with E-state index >= 15 is 0 Å². The summed E-state index contributed by atoms with van der Waals surface area (Å²) in [5, 5.41) is 2.17. The highest BCUT2D eigenvalue weighted by molar-refractivity contribution is 6.93. The fraction of sp³-hybridized carbons (Fsp3) is 0.438. The Balaban J connectivity index is 2.52. The molecule has 108 valence electrons. The van der Waals surface area contributed by atoms with Crippen LogP contribution in [0.5, 0.6) is 0 Å². The van der Waals surface area contributed by atoms with Gasteiger partial charge in [-0.3, -0.25) is 0 Å². The molecular formula is C16H21ClO2Si. The minimum atomic E-state index is -1.54. The Labute approximate surface area is 126 Å². The van der Waals surface area contributed by atoms with Gasteiger partial charge in [0.15, 0.2) is 0 Å². The van der Waals surface area contributed by atoms with E-state index in [0.717, 1.165) is 11.3 Å². The maximum atomic E-state index is 10.9. The highest BCUT2D eigenvalue weighted by atomic mass is 35.5. The topological polar surface area (TPSA) is 26.3 Å². The predicted octanol–water partition coefficient (Wildman–Crippen LogP) is 4.21. The molecule has 1 saturated heterocycles. The number of hydrogen-bond donors (Lipinski definition) is 0. The van der Waals surface area contributed by atoms with Crippen molar-refractivity contribution in [2.45, 2.75) is 26.1 Å². The van der Waals surface area contributed by atoms with Gasteiger partial charge in [0.1, 0.15) is 6.29 Å². The summed E-state index contributed by atoms with van der Waals surface area (Å²) < 4.78 is 5.62. The van der Waals surface area contributed by atoms with Crippen molar-refractivity contribution < 1.29 is 9.53 Å². The summed E-state index contributed by atoms with van der Waals surface area (Å²) in [6, 6.07) is 8.03. The van der Waals surface area contributed by atoms with Crippen LogP contribution in [0.15, 0.2) is 29.8 Å². The second kappa shape index (κ2) is 6.25. The first-order valence-corrected chi connectivity index (χ1v) is 10.8. The lowest BCUT2D eigenvalue weighted by molar-refractivity contribution is -0.108. The Morgan fingerprint density at radius 3 is 2.55 bits per heavy atom. The van der Waals surface area contributed by atoms with Gasteiger partial charge in [-0.25, -0.2) is 0 Å². The van der Waals surface area contributed by atoms with Gasteiger partial charge < -0.3 is 9.53 Å². The van der Waals surface area contributed by atoms with Gasteiger partial charge in [-0.2, -0.15) is 0 Å². The molecule has 1 aliphatic rings. The Kier molecular flexibility index (Phi) is 4.84. The normalized spacial score (nSPS) is 21.9. The average Bonchev–Trinajstić information content (AvgIpc) is 2.79. The number of ether oxygens (including phenoxy) is 1. The molecule has 20 heavy (non-hydrogen) atoms. The van der Waals surface area contributed by atoms with Crippen LogP contribution in [0.3, 0.4) is 0 Å². The molecule has 2 rings (SSSR count). The molecule has 4 heteroatoms. The van der Waals surface area contributed by atoms with Gasteiger partial charge in [-0.15, -0.1) is 0 Å². The van der Waals surface area contributed by atoms with Crippen molar-refractivity contribution in [3.05, 3.63) is 40.4 Å². The highest BCUT2D eigenvalue weighted by Gasteiger charge is 2.31. The van der Waals surface area contributed by atoms with E-state index < -0.39 is 8.07 Å². The molecule has 1 heterocycles. The van der Waals surface area contributed by atoms with Crippen LogP contribution in [0, 0.1) is 5.92 Å². The van der Waals surface area contributed by atoms with E-state index in [1.165, 1.54) is 16.3 Å². The van der Waals surface area contributed by atoms with Gasteiger partial charge >= 0.3 is 0 Å². The standard InChI is InChI=1S/C16H21ClO2Si/c1-20(2,3)16(12-4-6-14(17)7-5-12)15-11-19-10-13(15)8-9-18/h4-7,9,13H,8,10-11H2,1-3H3/b16-15+. The smallest absolute Gasteiger partial charge is 0.120 e. The monoisotopic (exact) mass is 308 g/mol. The molecule has 1 fully saturated rings. The van der Waals surface area contributed by atoms with Gasteiger partial charge in [-0.1, -0.05) is 48.6 Å². The van der Waals surface area contributed by atoms with Crippen LogP contribution in [0.2, 0.25) is 24.7 Å². The van der Waals surface area contributed by atoms with Crippen molar-refractivity contribution in [2.24, 2.45) is 5.92 Å². The second-order valence-electron chi connectivity index (χ2n) is 6.27. The van der Waals surface area contributed by atoms with Crippen LogP contribution in [0.4, 0.5) is 0 Å². The number of carbonyl (C=O) groups is 1. The molecule has 0 spiro atoms. The Morgan fingerprint density at radius 2 is 2.00 bits per heavy atom. The van der Waals surface area contributed by atoms with Crippen molar-refractivity contribution in [1.82, 2.24) is 0 Å². The van der Waals surface area contributed by atoms with Crippen LogP contribution in [0.25, 0.3) is 5.20 Å². The molecule has 0 bridgehead atoms. The first-order chi connectivity index (χ1) is 9.43. The van der Waals surface area contributed by atoms with Crippen LogP contribution < -0.4 is 0 Å². The Hall–Kier alpha value is -0.903. The fourth-order valence-corrected chi connectivity index (χ4v) is 5.25. The van der Waals surface area contributed by atoms with Gasteiger partial charge in [0.05, 0.1) is 21.3 Å². The highest BCUT2D eigenvalue weighted by Crippen LogP contribution is 2.36. The zero-order valence-corrected chi connectivity index (χ0v) is 14.0. The predicted molar refractivity (Wildman–Crippen MR) is 86.7 cm³/mol. The number of carbonyl (C=O) groups excluding carboxylic acids is 1. The minimum absolute atomic E-state index is 0.241. The number of rotatable bonds is 4. The minimum Gasteiger partial charge on any atom is -0.376 e. The third-order valence-corrected chi connectivity index (χ3v) is 6.02. The quantitative estimate of drug-likeness (QED) is 0.615. The van der Waals surface area contributed by atoms with E-state index in [4.69, 9.17) is 16.3 Å². The van der Waals surface area contributed by atoms with E-state index in [9.17, 15) is 4.79 Å². The third kappa shape index (κ3) is 3.40. The molecule has 1 aliphatic heterocycles. The van der Waals surface area contributed by atoms with Crippen molar-refractivity contribution in [3.8, 4) is 0 Å². The van der Waals surface area contributed by atoms with Crippen LogP contribution in [-0.2, 0) is 9.53 Å². The summed E-state index contributed by atoms with van der Waals surface area (Å²) in [7, 11) is -1.54. The molecule has 0 amide bonds. The van der Waals surface area contributed by atoms with Crippen molar-refractivity contribution in [3.63, 3.8) is 0 Å². The molecule has 1 unspecified atom stereocenters. The SMILES string of the molecule is C[Si](C)(C)/C(=C1\COCC1CC=O)c1ccc(Cl)cc1. The lowest BCUT2D eigenvalue weighted by atomic mass is 9.97. The summed E-state index contributed by atoms with van der Waals surface area (Å²) in [5.41, 5.74) is 2.54. The first kappa shape index (κ1) is 15.5. The van der Waals surface area contributed by atoms with E-state index in [1.54, 1.807) is 0 Å². The Bertz CT molecular complexity index is 514. The molecule has 1 aromatic carbocycles. The summed E-state index contributed by atoms with van der Waals surface area (Å²) in [6.45, 7) is 8.32. The number of benzene rings is 1. The molecule has 0 aliphatic carbocycles. The number of aldehydes is 1. The maximum absolute atomic E-state index is 10.9. The Morgan fingerprint density at radius 1 is 1.35 bits per heavy atom. The molecule has 1 atom stereocenters. The molecular weight excluding hydrogens is 288 g/mol. The molecule has 1 aromatic rings. The summed E-state index contributed by atoms with van der Waals surface area (Å²) >= 11 is 5.99. The molecule has 0 N–H and O–H groups in total. The summed E-state index contributed by atoms with van der Waals surface area (Å²) in [6.07, 6.45) is 1.56. The van der Waals surface area contributed by atoms with Crippen molar-refractivity contribution in [1.29, 1.82) is 0 Å². The number of halogens is 1. The maximum Gasteiger partial charge on any atom is 0.120 e. The van der Waals surface area contributed by atoms with Gasteiger partial charge in [0.25, 0.3) is 0 Å².